The lowest BCUT2D eigenvalue weighted by Gasteiger charge is -2.11. The van der Waals surface area contributed by atoms with Gasteiger partial charge < -0.3 is 10.1 Å². The summed E-state index contributed by atoms with van der Waals surface area (Å²) in [7, 11) is 1.83. The van der Waals surface area contributed by atoms with Crippen molar-refractivity contribution >= 4 is 0 Å². The van der Waals surface area contributed by atoms with Crippen LogP contribution in [0.1, 0.15) is 44.5 Å². The summed E-state index contributed by atoms with van der Waals surface area (Å²) < 4.78 is 47.5. The van der Waals surface area contributed by atoms with Gasteiger partial charge in [-0.25, -0.2) is 17.9 Å². The molecule has 0 saturated heterocycles. The van der Waals surface area contributed by atoms with E-state index in [9.17, 15) is 13.2 Å². The number of rotatable bonds is 8. The van der Waals surface area contributed by atoms with Crippen LogP contribution in [0.3, 0.4) is 0 Å². The normalized spacial score (nSPS) is 12.6. The van der Waals surface area contributed by atoms with Crippen LogP contribution in [0.4, 0.5) is 13.2 Å². The molecule has 1 unspecified atom stereocenters. The first-order valence-electron chi connectivity index (χ1n) is 8.33. The van der Waals surface area contributed by atoms with Gasteiger partial charge in [-0.1, -0.05) is 13.8 Å². The number of aryl methyl sites for hydroxylation is 1. The molecule has 1 N–H and O–H groups in total. The SMILES string of the molecule is CNC(C)c1cc(OCc2cc(F)c(F)cc2F)n(CCC(C)C)n1. The van der Waals surface area contributed by atoms with Crippen LogP contribution in [-0.2, 0) is 13.2 Å². The van der Waals surface area contributed by atoms with Gasteiger partial charge in [-0.2, -0.15) is 5.10 Å². The second-order valence-electron chi connectivity index (χ2n) is 6.47. The molecule has 0 amide bonds. The molecular formula is C18H24F3N3O. The van der Waals surface area contributed by atoms with Gasteiger partial charge in [-0.3, -0.25) is 0 Å². The van der Waals surface area contributed by atoms with Gasteiger partial charge in [0.05, 0.1) is 5.69 Å². The second-order valence-corrected chi connectivity index (χ2v) is 6.47. The summed E-state index contributed by atoms with van der Waals surface area (Å²) in [6.45, 7) is 6.64. The maximum atomic E-state index is 13.8. The molecule has 1 aromatic carbocycles. The number of aromatic nitrogens is 2. The number of benzene rings is 1. The van der Waals surface area contributed by atoms with E-state index in [1.165, 1.54) is 0 Å². The van der Waals surface area contributed by atoms with Crippen molar-refractivity contribution in [2.75, 3.05) is 7.05 Å². The Labute approximate surface area is 146 Å². The zero-order valence-corrected chi connectivity index (χ0v) is 14.9. The maximum Gasteiger partial charge on any atom is 0.212 e. The van der Waals surface area contributed by atoms with E-state index in [2.05, 4.69) is 24.3 Å². The summed E-state index contributed by atoms with van der Waals surface area (Å²) in [5.41, 5.74) is 0.755. The molecule has 1 atom stereocenters. The Hall–Kier alpha value is -2.02. The number of hydrogen-bond acceptors (Lipinski definition) is 3. The highest BCUT2D eigenvalue weighted by atomic mass is 19.2. The highest BCUT2D eigenvalue weighted by Crippen LogP contribution is 2.22. The van der Waals surface area contributed by atoms with Gasteiger partial charge in [0.1, 0.15) is 12.4 Å². The van der Waals surface area contributed by atoms with E-state index < -0.39 is 17.5 Å². The zero-order chi connectivity index (χ0) is 18.6. The Kier molecular flexibility index (Phi) is 6.47. The van der Waals surface area contributed by atoms with Crippen LogP contribution in [0.2, 0.25) is 0 Å². The lowest BCUT2D eigenvalue weighted by atomic mass is 10.1. The van der Waals surface area contributed by atoms with Crippen LogP contribution in [0, 0.1) is 23.4 Å². The van der Waals surface area contributed by atoms with E-state index in [1.54, 1.807) is 10.7 Å². The van der Waals surface area contributed by atoms with Crippen LogP contribution in [0.25, 0.3) is 0 Å². The third-order valence-corrected chi connectivity index (χ3v) is 4.02. The molecular weight excluding hydrogens is 331 g/mol. The minimum atomic E-state index is -1.21. The van der Waals surface area contributed by atoms with Gasteiger partial charge in [-0.15, -0.1) is 0 Å². The summed E-state index contributed by atoms with van der Waals surface area (Å²) >= 11 is 0. The third-order valence-electron chi connectivity index (χ3n) is 4.02. The largest absolute Gasteiger partial charge is 0.473 e. The van der Waals surface area contributed by atoms with Crippen LogP contribution in [-0.4, -0.2) is 16.8 Å². The van der Waals surface area contributed by atoms with Crippen molar-refractivity contribution in [1.82, 2.24) is 15.1 Å². The summed E-state index contributed by atoms with van der Waals surface area (Å²) in [4.78, 5) is 0. The van der Waals surface area contributed by atoms with Gasteiger partial charge in [0.2, 0.25) is 5.88 Å². The predicted octanol–water partition coefficient (Wildman–Crippen LogP) is 4.21. The Morgan fingerprint density at radius 3 is 2.40 bits per heavy atom. The Balaban J connectivity index is 2.19. The monoisotopic (exact) mass is 355 g/mol. The summed E-state index contributed by atoms with van der Waals surface area (Å²) in [6.07, 6.45) is 0.908. The van der Waals surface area contributed by atoms with Crippen molar-refractivity contribution in [3.05, 3.63) is 46.9 Å². The minimum Gasteiger partial charge on any atom is -0.473 e. The lowest BCUT2D eigenvalue weighted by molar-refractivity contribution is 0.262. The molecule has 138 valence electrons. The molecule has 0 fully saturated rings. The molecule has 0 bridgehead atoms. The molecule has 4 nitrogen and oxygen atoms in total. The van der Waals surface area contributed by atoms with Crippen LogP contribution >= 0.6 is 0 Å². The van der Waals surface area contributed by atoms with E-state index >= 15 is 0 Å². The first kappa shape index (κ1) is 19.3. The molecule has 2 aromatic rings. The highest BCUT2D eigenvalue weighted by Gasteiger charge is 2.16. The van der Waals surface area contributed by atoms with E-state index in [-0.39, 0.29) is 18.2 Å². The van der Waals surface area contributed by atoms with E-state index in [0.29, 0.717) is 24.4 Å². The molecule has 2 rings (SSSR count). The maximum absolute atomic E-state index is 13.8. The lowest BCUT2D eigenvalue weighted by Crippen LogP contribution is -2.13. The number of halogens is 3. The average Bonchev–Trinajstić information content (AvgIpc) is 2.97. The molecule has 25 heavy (non-hydrogen) atoms. The molecule has 1 aromatic heterocycles. The Bertz CT molecular complexity index is 716. The zero-order valence-electron chi connectivity index (χ0n) is 14.9. The first-order chi connectivity index (χ1) is 11.8. The second kappa shape index (κ2) is 8.38. The topological polar surface area (TPSA) is 39.1 Å². The van der Waals surface area contributed by atoms with Gasteiger partial charge in [0.25, 0.3) is 0 Å². The summed E-state index contributed by atoms with van der Waals surface area (Å²) in [5, 5.41) is 7.62. The molecule has 0 radical (unpaired) electrons. The number of hydrogen-bond donors (Lipinski definition) is 1. The molecule has 0 aliphatic heterocycles. The van der Waals surface area contributed by atoms with Crippen molar-refractivity contribution in [2.45, 2.75) is 46.4 Å². The van der Waals surface area contributed by atoms with Crippen molar-refractivity contribution in [1.29, 1.82) is 0 Å². The average molecular weight is 355 g/mol. The van der Waals surface area contributed by atoms with Gasteiger partial charge in [0, 0.05) is 30.3 Å². The van der Waals surface area contributed by atoms with Crippen molar-refractivity contribution in [3.63, 3.8) is 0 Å². The summed E-state index contributed by atoms with van der Waals surface area (Å²) in [5.74, 6) is -2.19. The smallest absolute Gasteiger partial charge is 0.212 e. The van der Waals surface area contributed by atoms with Gasteiger partial charge in [0.15, 0.2) is 11.6 Å². The van der Waals surface area contributed by atoms with Gasteiger partial charge >= 0.3 is 0 Å². The fourth-order valence-electron chi connectivity index (χ4n) is 2.26. The van der Waals surface area contributed by atoms with Crippen LogP contribution in [0.5, 0.6) is 5.88 Å². The Morgan fingerprint density at radius 1 is 1.08 bits per heavy atom. The quantitative estimate of drug-likeness (QED) is 0.721. The molecule has 0 aliphatic carbocycles. The number of ether oxygens (including phenoxy) is 1. The number of nitrogens with one attached hydrogen (secondary N) is 1. The third kappa shape index (κ3) is 4.98. The molecule has 1 heterocycles. The minimum absolute atomic E-state index is 0.0302. The highest BCUT2D eigenvalue weighted by molar-refractivity contribution is 5.22. The predicted molar refractivity (Wildman–Crippen MR) is 89.8 cm³/mol. The van der Waals surface area contributed by atoms with E-state index in [4.69, 9.17) is 4.74 Å². The van der Waals surface area contributed by atoms with Crippen molar-refractivity contribution in [2.24, 2.45) is 5.92 Å². The molecule has 7 heteroatoms. The van der Waals surface area contributed by atoms with Crippen molar-refractivity contribution in [3.8, 4) is 5.88 Å². The van der Waals surface area contributed by atoms with Crippen LogP contribution < -0.4 is 10.1 Å². The fraction of sp³-hybridized carbons (Fsp3) is 0.500. The van der Waals surface area contributed by atoms with Crippen LogP contribution in [0.15, 0.2) is 18.2 Å². The van der Waals surface area contributed by atoms with E-state index in [1.807, 2.05) is 14.0 Å². The van der Waals surface area contributed by atoms with Crippen molar-refractivity contribution < 1.29 is 17.9 Å². The Morgan fingerprint density at radius 2 is 1.76 bits per heavy atom. The standard InChI is InChI=1S/C18H24F3N3O/c1-11(2)5-6-24-18(9-17(23-24)12(3)22-4)25-10-13-7-15(20)16(21)8-14(13)19/h7-9,11-12,22H,5-6,10H2,1-4H3. The fourth-order valence-corrected chi connectivity index (χ4v) is 2.26. The summed E-state index contributed by atoms with van der Waals surface area (Å²) in [6, 6.07) is 3.15. The molecule has 0 spiro atoms. The molecule has 0 aliphatic rings. The van der Waals surface area contributed by atoms with E-state index in [0.717, 1.165) is 18.2 Å². The molecule has 0 saturated carbocycles. The van der Waals surface area contributed by atoms with Gasteiger partial charge in [-0.05, 0) is 32.4 Å². The first-order valence-corrected chi connectivity index (χ1v) is 8.33. The number of nitrogens with zero attached hydrogens (tertiary/aromatic N) is 2.